The van der Waals surface area contributed by atoms with E-state index in [2.05, 4.69) is 10.1 Å². The number of anilines is 1. The molecule has 2 heterocycles. The molecule has 5 nitrogen and oxygen atoms in total. The Hall–Kier alpha value is -2.38. The summed E-state index contributed by atoms with van der Waals surface area (Å²) in [6.07, 6.45) is -1.54. The molecule has 0 aliphatic carbocycles. The number of alkyl halides is 3. The van der Waals surface area contributed by atoms with Crippen molar-refractivity contribution in [2.24, 2.45) is 7.05 Å². The molecule has 0 aliphatic rings. The van der Waals surface area contributed by atoms with Gasteiger partial charge in [0.15, 0.2) is 5.69 Å². The quantitative estimate of drug-likeness (QED) is 0.875. The van der Waals surface area contributed by atoms with Crippen LogP contribution in [0, 0.1) is 0 Å². The van der Waals surface area contributed by atoms with E-state index in [4.69, 9.17) is 0 Å². The Morgan fingerprint density at radius 1 is 1.33 bits per heavy atom. The number of aromatic nitrogens is 3. The zero-order chi connectivity index (χ0) is 15.6. The lowest BCUT2D eigenvalue weighted by Crippen LogP contribution is -2.31. The topological polar surface area (TPSA) is 51.0 Å². The van der Waals surface area contributed by atoms with Gasteiger partial charge in [-0.2, -0.15) is 18.3 Å². The number of nitrogens with zero attached hydrogens (tertiary/aromatic N) is 4. The first kappa shape index (κ1) is 15.0. The molecule has 0 aromatic carbocycles. The van der Waals surface area contributed by atoms with Crippen LogP contribution in [-0.2, 0) is 13.2 Å². The summed E-state index contributed by atoms with van der Waals surface area (Å²) in [4.78, 5) is 17.5. The van der Waals surface area contributed by atoms with Crippen LogP contribution in [0.15, 0.2) is 30.6 Å². The maximum absolute atomic E-state index is 12.7. The molecule has 0 radical (unpaired) electrons. The maximum Gasteiger partial charge on any atom is 0.433 e. The van der Waals surface area contributed by atoms with Gasteiger partial charge >= 0.3 is 6.18 Å². The molecule has 2 rings (SSSR count). The number of halogens is 3. The average Bonchev–Trinajstić information content (AvgIpc) is 2.83. The number of rotatable bonds is 3. The second-order valence-electron chi connectivity index (χ2n) is 4.29. The highest BCUT2D eigenvalue weighted by Crippen LogP contribution is 2.29. The van der Waals surface area contributed by atoms with Crippen molar-refractivity contribution in [3.63, 3.8) is 0 Å². The predicted molar refractivity (Wildman–Crippen MR) is 69.8 cm³/mol. The van der Waals surface area contributed by atoms with Gasteiger partial charge in [-0.3, -0.25) is 14.5 Å². The van der Waals surface area contributed by atoms with E-state index in [-0.39, 0.29) is 5.69 Å². The zero-order valence-corrected chi connectivity index (χ0v) is 11.4. The molecule has 0 fully saturated rings. The lowest BCUT2D eigenvalue weighted by Gasteiger charge is -2.19. The Morgan fingerprint density at radius 2 is 1.95 bits per heavy atom. The third kappa shape index (κ3) is 3.04. The Labute approximate surface area is 119 Å². The second-order valence-corrected chi connectivity index (χ2v) is 4.29. The third-order valence-electron chi connectivity index (χ3n) is 2.93. The van der Waals surface area contributed by atoms with E-state index in [9.17, 15) is 18.0 Å². The lowest BCUT2D eigenvalue weighted by atomic mass is 10.2. The van der Waals surface area contributed by atoms with Crippen LogP contribution >= 0.6 is 0 Å². The Morgan fingerprint density at radius 3 is 2.43 bits per heavy atom. The number of carbonyl (C=O) groups is 1. The molecule has 2 aromatic heterocycles. The number of aryl methyl sites for hydroxylation is 1. The predicted octanol–water partition coefficient (Wildman–Crippen LogP) is 2.50. The van der Waals surface area contributed by atoms with Crippen molar-refractivity contribution in [3.05, 3.63) is 42.0 Å². The van der Waals surface area contributed by atoms with Crippen molar-refractivity contribution < 1.29 is 18.0 Å². The van der Waals surface area contributed by atoms with Crippen LogP contribution in [0.5, 0.6) is 0 Å². The van der Waals surface area contributed by atoms with Crippen LogP contribution < -0.4 is 4.90 Å². The summed E-state index contributed by atoms with van der Waals surface area (Å²) in [5, 5.41) is 3.66. The molecule has 0 saturated heterocycles. The minimum Gasteiger partial charge on any atom is -0.307 e. The zero-order valence-electron chi connectivity index (χ0n) is 11.4. The molecule has 0 bridgehead atoms. The number of hydrogen-bond donors (Lipinski definition) is 0. The van der Waals surface area contributed by atoms with E-state index in [1.807, 2.05) is 0 Å². The molecule has 0 N–H and O–H groups in total. The molecule has 1 amide bonds. The summed E-state index contributed by atoms with van der Waals surface area (Å²) in [7, 11) is 1.16. The highest BCUT2D eigenvalue weighted by atomic mass is 19.4. The van der Waals surface area contributed by atoms with Crippen molar-refractivity contribution >= 4 is 11.6 Å². The number of hydrogen-bond acceptors (Lipinski definition) is 3. The van der Waals surface area contributed by atoms with Crippen LogP contribution in [0.3, 0.4) is 0 Å². The summed E-state index contributed by atoms with van der Waals surface area (Å²) in [5.74, 6) is -0.588. The van der Waals surface area contributed by atoms with Crippen LogP contribution in [0.1, 0.15) is 23.1 Å². The third-order valence-corrected chi connectivity index (χ3v) is 2.93. The summed E-state index contributed by atoms with van der Waals surface area (Å²) in [6, 6.07) is 3.97. The van der Waals surface area contributed by atoms with Crippen molar-refractivity contribution in [2.75, 3.05) is 11.4 Å². The first-order valence-corrected chi connectivity index (χ1v) is 6.17. The van der Waals surface area contributed by atoms with Gasteiger partial charge in [-0.1, -0.05) is 0 Å². The first-order chi connectivity index (χ1) is 9.84. The SMILES string of the molecule is CCN(C(=O)c1cc(C(F)(F)F)n(C)n1)c1ccncc1. The molecule has 112 valence electrons. The summed E-state index contributed by atoms with van der Waals surface area (Å²) < 4.78 is 38.9. The van der Waals surface area contributed by atoms with Crippen LogP contribution in [0.2, 0.25) is 0 Å². The van der Waals surface area contributed by atoms with E-state index in [0.29, 0.717) is 16.9 Å². The summed E-state index contributed by atoms with van der Waals surface area (Å²) >= 11 is 0. The molecule has 8 heteroatoms. The van der Waals surface area contributed by atoms with Gasteiger partial charge in [0.2, 0.25) is 0 Å². The molecular formula is C13H13F3N4O. The van der Waals surface area contributed by atoms with E-state index >= 15 is 0 Å². The van der Waals surface area contributed by atoms with Gasteiger partial charge in [0.1, 0.15) is 5.69 Å². The molecular weight excluding hydrogens is 285 g/mol. The molecule has 0 saturated carbocycles. The van der Waals surface area contributed by atoms with E-state index in [1.54, 1.807) is 19.1 Å². The molecule has 21 heavy (non-hydrogen) atoms. The number of carbonyl (C=O) groups excluding carboxylic acids is 1. The maximum atomic E-state index is 12.7. The van der Waals surface area contributed by atoms with Crippen molar-refractivity contribution in [1.82, 2.24) is 14.8 Å². The molecule has 0 aliphatic heterocycles. The lowest BCUT2D eigenvalue weighted by molar-refractivity contribution is -0.143. The largest absolute Gasteiger partial charge is 0.433 e. The summed E-state index contributed by atoms with van der Waals surface area (Å²) in [5.41, 5.74) is -0.656. The van der Waals surface area contributed by atoms with Gasteiger partial charge in [-0.05, 0) is 19.1 Å². The Balaban J connectivity index is 2.35. The smallest absolute Gasteiger partial charge is 0.307 e. The number of amides is 1. The highest BCUT2D eigenvalue weighted by molar-refractivity contribution is 6.04. The molecule has 0 spiro atoms. The van der Waals surface area contributed by atoms with Crippen molar-refractivity contribution in [3.8, 4) is 0 Å². The van der Waals surface area contributed by atoms with Crippen molar-refractivity contribution in [1.29, 1.82) is 0 Å². The second kappa shape index (κ2) is 5.55. The molecule has 2 aromatic rings. The highest BCUT2D eigenvalue weighted by Gasteiger charge is 2.36. The average molecular weight is 298 g/mol. The monoisotopic (exact) mass is 298 g/mol. The Bertz CT molecular complexity index is 637. The van der Waals surface area contributed by atoms with Gasteiger partial charge in [0, 0.05) is 37.7 Å². The normalized spacial score (nSPS) is 11.5. The van der Waals surface area contributed by atoms with Gasteiger partial charge in [-0.15, -0.1) is 0 Å². The van der Waals surface area contributed by atoms with Gasteiger partial charge in [-0.25, -0.2) is 0 Å². The van der Waals surface area contributed by atoms with Gasteiger partial charge in [0.05, 0.1) is 0 Å². The Kier molecular flexibility index (Phi) is 3.97. The van der Waals surface area contributed by atoms with Crippen LogP contribution in [0.4, 0.5) is 18.9 Å². The standard InChI is InChI=1S/C13H13F3N4O/c1-3-20(9-4-6-17-7-5-9)12(21)10-8-11(13(14,15)16)19(2)18-10/h4-8H,3H2,1-2H3. The first-order valence-electron chi connectivity index (χ1n) is 6.17. The summed E-state index contributed by atoms with van der Waals surface area (Å²) in [6.45, 7) is 2.03. The van der Waals surface area contributed by atoms with Gasteiger partial charge in [0.25, 0.3) is 5.91 Å². The van der Waals surface area contributed by atoms with E-state index < -0.39 is 17.8 Å². The number of pyridine rings is 1. The van der Waals surface area contributed by atoms with E-state index in [0.717, 1.165) is 13.1 Å². The fraction of sp³-hybridized carbons (Fsp3) is 0.308. The van der Waals surface area contributed by atoms with Crippen LogP contribution in [-0.4, -0.2) is 27.2 Å². The van der Waals surface area contributed by atoms with Crippen LogP contribution in [0.25, 0.3) is 0 Å². The van der Waals surface area contributed by atoms with Gasteiger partial charge < -0.3 is 4.90 Å². The molecule has 0 atom stereocenters. The van der Waals surface area contributed by atoms with E-state index in [1.165, 1.54) is 17.3 Å². The fourth-order valence-electron chi connectivity index (χ4n) is 1.94. The minimum atomic E-state index is -4.55. The minimum absolute atomic E-state index is 0.247. The molecule has 0 unspecified atom stereocenters. The fourth-order valence-corrected chi connectivity index (χ4v) is 1.94. The van der Waals surface area contributed by atoms with Crippen molar-refractivity contribution in [2.45, 2.75) is 13.1 Å².